The first-order valence-corrected chi connectivity index (χ1v) is 6.83. The minimum absolute atomic E-state index is 0.0108. The Bertz CT molecular complexity index is 243. The SMILES string of the molecule is CC1(C)CC(NCCC2CCC2)C(C)(C)O1. The lowest BCUT2D eigenvalue weighted by Crippen LogP contribution is -2.44. The summed E-state index contributed by atoms with van der Waals surface area (Å²) < 4.78 is 6.08. The Labute approximate surface area is 100 Å². The molecule has 1 N–H and O–H groups in total. The van der Waals surface area contributed by atoms with Crippen molar-refractivity contribution >= 4 is 0 Å². The van der Waals surface area contributed by atoms with E-state index in [-0.39, 0.29) is 11.2 Å². The average molecular weight is 225 g/mol. The molecule has 0 spiro atoms. The van der Waals surface area contributed by atoms with E-state index in [4.69, 9.17) is 4.74 Å². The molecule has 1 aliphatic carbocycles. The van der Waals surface area contributed by atoms with Gasteiger partial charge in [0.1, 0.15) is 0 Å². The maximum absolute atomic E-state index is 6.08. The van der Waals surface area contributed by atoms with Gasteiger partial charge in [0.2, 0.25) is 0 Å². The highest BCUT2D eigenvalue weighted by Gasteiger charge is 2.45. The number of ether oxygens (including phenoxy) is 1. The summed E-state index contributed by atoms with van der Waals surface area (Å²) in [5, 5.41) is 3.70. The van der Waals surface area contributed by atoms with Gasteiger partial charge in [-0.25, -0.2) is 0 Å². The van der Waals surface area contributed by atoms with Crippen molar-refractivity contribution in [3.63, 3.8) is 0 Å². The molecule has 2 fully saturated rings. The standard InChI is InChI=1S/C14H27NO/c1-13(2)10-12(14(3,4)16-13)15-9-8-11-6-5-7-11/h11-12,15H,5-10H2,1-4H3. The molecule has 0 aromatic rings. The number of rotatable bonds is 4. The molecule has 0 aromatic carbocycles. The topological polar surface area (TPSA) is 21.3 Å². The van der Waals surface area contributed by atoms with Crippen molar-refractivity contribution in [3.8, 4) is 0 Å². The Morgan fingerprint density at radius 2 is 1.88 bits per heavy atom. The fourth-order valence-corrected chi connectivity index (χ4v) is 3.12. The molecule has 1 unspecified atom stereocenters. The number of nitrogens with one attached hydrogen (secondary N) is 1. The van der Waals surface area contributed by atoms with Crippen LogP contribution in [-0.2, 0) is 4.74 Å². The molecule has 1 heterocycles. The van der Waals surface area contributed by atoms with Crippen molar-refractivity contribution in [1.29, 1.82) is 0 Å². The zero-order chi connectivity index (χ0) is 11.8. The van der Waals surface area contributed by atoms with Crippen molar-refractivity contribution in [3.05, 3.63) is 0 Å². The van der Waals surface area contributed by atoms with E-state index in [1.807, 2.05) is 0 Å². The maximum atomic E-state index is 6.08. The zero-order valence-electron chi connectivity index (χ0n) is 11.3. The second kappa shape index (κ2) is 4.30. The molecular formula is C14H27NO. The van der Waals surface area contributed by atoms with Crippen molar-refractivity contribution in [2.75, 3.05) is 6.54 Å². The van der Waals surface area contributed by atoms with Crippen molar-refractivity contribution in [2.24, 2.45) is 5.92 Å². The molecule has 1 aliphatic heterocycles. The predicted molar refractivity (Wildman–Crippen MR) is 67.6 cm³/mol. The first-order valence-electron chi connectivity index (χ1n) is 6.83. The summed E-state index contributed by atoms with van der Waals surface area (Å²) in [6.07, 6.45) is 6.85. The summed E-state index contributed by atoms with van der Waals surface area (Å²) in [4.78, 5) is 0. The maximum Gasteiger partial charge on any atom is 0.0787 e. The van der Waals surface area contributed by atoms with E-state index in [0.29, 0.717) is 6.04 Å². The van der Waals surface area contributed by atoms with E-state index in [1.54, 1.807) is 0 Å². The van der Waals surface area contributed by atoms with Crippen molar-refractivity contribution in [2.45, 2.75) is 77.0 Å². The van der Waals surface area contributed by atoms with E-state index in [0.717, 1.165) is 18.9 Å². The Kier molecular flexibility index (Phi) is 3.33. The Morgan fingerprint density at radius 3 is 2.31 bits per heavy atom. The lowest BCUT2D eigenvalue weighted by molar-refractivity contribution is -0.0698. The third-order valence-electron chi connectivity index (χ3n) is 4.24. The third kappa shape index (κ3) is 2.78. The van der Waals surface area contributed by atoms with Gasteiger partial charge in [-0.1, -0.05) is 19.3 Å². The molecule has 0 amide bonds. The first kappa shape index (κ1) is 12.4. The summed E-state index contributed by atoms with van der Waals surface area (Å²) in [7, 11) is 0. The van der Waals surface area contributed by atoms with Crippen LogP contribution >= 0.6 is 0 Å². The second-order valence-electron chi connectivity index (χ2n) is 6.76. The number of hydrogen-bond acceptors (Lipinski definition) is 2. The van der Waals surface area contributed by atoms with Gasteiger partial charge in [0.15, 0.2) is 0 Å². The fourth-order valence-electron chi connectivity index (χ4n) is 3.12. The molecule has 1 saturated heterocycles. The Morgan fingerprint density at radius 1 is 1.19 bits per heavy atom. The quantitative estimate of drug-likeness (QED) is 0.794. The van der Waals surface area contributed by atoms with E-state index < -0.39 is 0 Å². The summed E-state index contributed by atoms with van der Waals surface area (Å²) in [5.74, 6) is 1.01. The minimum atomic E-state index is -0.0108. The van der Waals surface area contributed by atoms with Crippen molar-refractivity contribution in [1.82, 2.24) is 5.32 Å². The average Bonchev–Trinajstić information content (AvgIpc) is 2.24. The monoisotopic (exact) mass is 225 g/mol. The van der Waals surface area contributed by atoms with Crippen LogP contribution in [0.5, 0.6) is 0 Å². The van der Waals surface area contributed by atoms with Crippen LogP contribution in [0.25, 0.3) is 0 Å². The molecular weight excluding hydrogens is 198 g/mol. The van der Waals surface area contributed by atoms with Gasteiger partial charge in [-0.2, -0.15) is 0 Å². The van der Waals surface area contributed by atoms with Crippen molar-refractivity contribution < 1.29 is 4.74 Å². The van der Waals surface area contributed by atoms with Crippen LogP contribution in [0.2, 0.25) is 0 Å². The summed E-state index contributed by atoms with van der Waals surface area (Å²) in [6, 6.07) is 0.516. The van der Waals surface area contributed by atoms with Gasteiger partial charge in [-0.05, 0) is 53.0 Å². The van der Waals surface area contributed by atoms with Crippen LogP contribution in [0.4, 0.5) is 0 Å². The van der Waals surface area contributed by atoms with E-state index in [2.05, 4.69) is 33.0 Å². The van der Waals surface area contributed by atoms with Crippen LogP contribution in [0.15, 0.2) is 0 Å². The molecule has 2 heteroatoms. The van der Waals surface area contributed by atoms with Crippen LogP contribution in [0, 0.1) is 5.92 Å². The van der Waals surface area contributed by atoms with Crippen LogP contribution in [0.3, 0.4) is 0 Å². The molecule has 0 aromatic heterocycles. The second-order valence-corrected chi connectivity index (χ2v) is 6.76. The highest BCUT2D eigenvalue weighted by Crippen LogP contribution is 2.37. The molecule has 0 bridgehead atoms. The van der Waals surface area contributed by atoms with Crippen LogP contribution in [-0.4, -0.2) is 23.8 Å². The highest BCUT2D eigenvalue weighted by molar-refractivity contribution is 4.98. The first-order chi connectivity index (χ1) is 7.39. The molecule has 0 radical (unpaired) electrons. The molecule has 16 heavy (non-hydrogen) atoms. The minimum Gasteiger partial charge on any atom is -0.368 e. The van der Waals surface area contributed by atoms with Gasteiger partial charge in [0.25, 0.3) is 0 Å². The van der Waals surface area contributed by atoms with Crippen LogP contribution < -0.4 is 5.32 Å². The zero-order valence-corrected chi connectivity index (χ0v) is 11.3. The molecule has 1 saturated carbocycles. The molecule has 94 valence electrons. The Hall–Kier alpha value is -0.0800. The fraction of sp³-hybridized carbons (Fsp3) is 1.00. The van der Waals surface area contributed by atoms with Crippen LogP contribution in [0.1, 0.15) is 59.8 Å². The summed E-state index contributed by atoms with van der Waals surface area (Å²) >= 11 is 0. The molecule has 2 aliphatic rings. The Balaban J connectivity index is 1.75. The van der Waals surface area contributed by atoms with E-state index in [1.165, 1.54) is 25.7 Å². The summed E-state index contributed by atoms with van der Waals surface area (Å²) in [5.41, 5.74) is 0.0285. The lowest BCUT2D eigenvalue weighted by Gasteiger charge is -2.30. The number of hydrogen-bond donors (Lipinski definition) is 1. The lowest BCUT2D eigenvalue weighted by atomic mass is 9.83. The van der Waals surface area contributed by atoms with E-state index >= 15 is 0 Å². The molecule has 2 nitrogen and oxygen atoms in total. The van der Waals surface area contributed by atoms with Gasteiger partial charge in [-0.3, -0.25) is 0 Å². The van der Waals surface area contributed by atoms with Gasteiger partial charge < -0.3 is 10.1 Å². The highest BCUT2D eigenvalue weighted by atomic mass is 16.5. The van der Waals surface area contributed by atoms with Gasteiger partial charge >= 0.3 is 0 Å². The third-order valence-corrected chi connectivity index (χ3v) is 4.24. The van der Waals surface area contributed by atoms with E-state index in [9.17, 15) is 0 Å². The molecule has 1 atom stereocenters. The summed E-state index contributed by atoms with van der Waals surface area (Å²) in [6.45, 7) is 9.98. The normalized spacial score (nSPS) is 32.6. The molecule has 2 rings (SSSR count). The predicted octanol–water partition coefficient (Wildman–Crippen LogP) is 3.11. The van der Waals surface area contributed by atoms with Gasteiger partial charge in [0.05, 0.1) is 11.2 Å². The van der Waals surface area contributed by atoms with Gasteiger partial charge in [-0.15, -0.1) is 0 Å². The van der Waals surface area contributed by atoms with Gasteiger partial charge in [0, 0.05) is 6.04 Å². The smallest absolute Gasteiger partial charge is 0.0787 e. The largest absolute Gasteiger partial charge is 0.368 e.